The summed E-state index contributed by atoms with van der Waals surface area (Å²) in [6.07, 6.45) is 0. The smallest absolute Gasteiger partial charge is 0.0348 e. The van der Waals surface area contributed by atoms with Gasteiger partial charge in [0.05, 0.1) is 0 Å². The fraction of sp³-hybridized carbons (Fsp3) is 0.231. The molecular weight excluding hydrogens is 206 g/mol. The molecule has 0 radical (unpaired) electrons. The molecule has 1 N–H and O–H groups in total. The molecule has 0 aliphatic carbocycles. The molecular formula is C13H14ClN. The van der Waals surface area contributed by atoms with Crippen LogP contribution in [0.3, 0.4) is 0 Å². The van der Waals surface area contributed by atoms with Crippen LogP contribution in [0, 0.1) is 0 Å². The molecule has 0 atom stereocenters. The highest BCUT2D eigenvalue weighted by Gasteiger charge is 1.95. The molecule has 0 spiro atoms. The maximum absolute atomic E-state index is 5.60. The average Bonchev–Trinajstić information content (AvgIpc) is 2.29. The Hall–Kier alpha value is -1.05. The number of hydrogen-bond acceptors (Lipinski definition) is 1. The molecule has 0 fully saturated rings. The van der Waals surface area contributed by atoms with Crippen LogP contribution in [-0.4, -0.2) is 12.4 Å². The van der Waals surface area contributed by atoms with E-state index in [9.17, 15) is 0 Å². The molecule has 78 valence electrons. The molecule has 0 saturated carbocycles. The Bertz CT molecular complexity index is 439. The Morgan fingerprint density at radius 2 is 1.80 bits per heavy atom. The zero-order chi connectivity index (χ0) is 10.5. The predicted molar refractivity (Wildman–Crippen MR) is 66.4 cm³/mol. The minimum absolute atomic E-state index is 0.660. The number of rotatable bonds is 4. The van der Waals surface area contributed by atoms with Gasteiger partial charge >= 0.3 is 0 Å². The summed E-state index contributed by atoms with van der Waals surface area (Å²) < 4.78 is 0. The number of alkyl halides is 1. The molecule has 0 aliphatic heterocycles. The molecule has 0 heterocycles. The Morgan fingerprint density at radius 3 is 2.60 bits per heavy atom. The SMILES string of the molecule is ClCCNCc1ccc2ccccc2c1. The molecule has 2 aromatic rings. The molecule has 1 nitrogen and oxygen atoms in total. The maximum Gasteiger partial charge on any atom is 0.0348 e. The van der Waals surface area contributed by atoms with E-state index in [1.54, 1.807) is 0 Å². The first-order chi connectivity index (χ1) is 7.40. The second-order valence-electron chi connectivity index (χ2n) is 3.55. The lowest BCUT2D eigenvalue weighted by Gasteiger charge is -2.04. The lowest BCUT2D eigenvalue weighted by Crippen LogP contribution is -2.15. The number of halogens is 1. The topological polar surface area (TPSA) is 12.0 Å². The van der Waals surface area contributed by atoms with Crippen LogP contribution in [-0.2, 0) is 6.54 Å². The molecule has 2 aromatic carbocycles. The van der Waals surface area contributed by atoms with E-state index in [0.717, 1.165) is 13.1 Å². The third kappa shape index (κ3) is 2.71. The van der Waals surface area contributed by atoms with Gasteiger partial charge in [-0.05, 0) is 22.4 Å². The van der Waals surface area contributed by atoms with Crippen molar-refractivity contribution in [1.29, 1.82) is 0 Å². The molecule has 0 unspecified atom stereocenters. The van der Waals surface area contributed by atoms with Gasteiger partial charge in [-0.1, -0.05) is 36.4 Å². The van der Waals surface area contributed by atoms with Crippen LogP contribution in [0.1, 0.15) is 5.56 Å². The number of hydrogen-bond donors (Lipinski definition) is 1. The average molecular weight is 220 g/mol. The van der Waals surface area contributed by atoms with E-state index in [1.165, 1.54) is 16.3 Å². The van der Waals surface area contributed by atoms with Gasteiger partial charge in [-0.15, -0.1) is 11.6 Å². The molecule has 0 amide bonds. The summed E-state index contributed by atoms with van der Waals surface area (Å²) in [5.41, 5.74) is 1.30. The number of nitrogens with one attached hydrogen (secondary N) is 1. The van der Waals surface area contributed by atoms with Crippen molar-refractivity contribution in [2.75, 3.05) is 12.4 Å². The quantitative estimate of drug-likeness (QED) is 0.615. The van der Waals surface area contributed by atoms with Crippen molar-refractivity contribution >= 4 is 22.4 Å². The zero-order valence-electron chi connectivity index (χ0n) is 8.54. The summed E-state index contributed by atoms with van der Waals surface area (Å²) in [6, 6.07) is 14.9. The van der Waals surface area contributed by atoms with Gasteiger partial charge in [-0.2, -0.15) is 0 Å². The van der Waals surface area contributed by atoms with Crippen molar-refractivity contribution < 1.29 is 0 Å². The molecule has 15 heavy (non-hydrogen) atoms. The Kier molecular flexibility index (Phi) is 3.59. The minimum atomic E-state index is 0.660. The first-order valence-electron chi connectivity index (χ1n) is 5.14. The molecule has 2 rings (SSSR count). The number of benzene rings is 2. The largest absolute Gasteiger partial charge is 0.311 e. The van der Waals surface area contributed by atoms with Crippen LogP contribution in [0.25, 0.3) is 10.8 Å². The van der Waals surface area contributed by atoms with Gasteiger partial charge in [0, 0.05) is 19.0 Å². The third-order valence-corrected chi connectivity index (χ3v) is 2.60. The maximum atomic E-state index is 5.60. The first-order valence-corrected chi connectivity index (χ1v) is 5.68. The summed E-state index contributed by atoms with van der Waals surface area (Å²) in [6.45, 7) is 1.74. The Labute approximate surface area is 95.1 Å². The molecule has 0 aliphatic rings. The van der Waals surface area contributed by atoms with E-state index >= 15 is 0 Å². The van der Waals surface area contributed by atoms with Crippen LogP contribution in [0.5, 0.6) is 0 Å². The lowest BCUT2D eigenvalue weighted by molar-refractivity contribution is 0.731. The van der Waals surface area contributed by atoms with Crippen molar-refractivity contribution in [3.05, 3.63) is 48.0 Å². The van der Waals surface area contributed by atoms with E-state index in [1.807, 2.05) is 0 Å². The Balaban J connectivity index is 2.16. The highest BCUT2D eigenvalue weighted by molar-refractivity contribution is 6.18. The van der Waals surface area contributed by atoms with Crippen LogP contribution in [0.2, 0.25) is 0 Å². The zero-order valence-corrected chi connectivity index (χ0v) is 9.30. The van der Waals surface area contributed by atoms with Gasteiger partial charge in [-0.25, -0.2) is 0 Å². The second-order valence-corrected chi connectivity index (χ2v) is 3.93. The summed E-state index contributed by atoms with van der Waals surface area (Å²) in [4.78, 5) is 0. The van der Waals surface area contributed by atoms with Gasteiger partial charge in [0.1, 0.15) is 0 Å². The van der Waals surface area contributed by atoms with E-state index < -0.39 is 0 Å². The van der Waals surface area contributed by atoms with E-state index in [0.29, 0.717) is 5.88 Å². The predicted octanol–water partition coefficient (Wildman–Crippen LogP) is 3.17. The fourth-order valence-electron chi connectivity index (χ4n) is 1.65. The minimum Gasteiger partial charge on any atom is -0.311 e. The molecule has 0 aromatic heterocycles. The van der Waals surface area contributed by atoms with Crippen molar-refractivity contribution in [3.8, 4) is 0 Å². The van der Waals surface area contributed by atoms with Gasteiger partial charge in [0.2, 0.25) is 0 Å². The van der Waals surface area contributed by atoms with Gasteiger partial charge in [0.25, 0.3) is 0 Å². The highest BCUT2D eigenvalue weighted by Crippen LogP contribution is 2.15. The van der Waals surface area contributed by atoms with E-state index in [2.05, 4.69) is 47.8 Å². The Morgan fingerprint density at radius 1 is 1.00 bits per heavy atom. The highest BCUT2D eigenvalue weighted by atomic mass is 35.5. The standard InChI is InChI=1S/C13H14ClN/c14-7-8-15-10-11-5-6-12-3-1-2-4-13(12)9-11/h1-6,9,15H,7-8,10H2. The third-order valence-electron chi connectivity index (χ3n) is 2.41. The summed E-state index contributed by atoms with van der Waals surface area (Å²) in [5, 5.41) is 5.87. The van der Waals surface area contributed by atoms with Crippen LogP contribution < -0.4 is 5.32 Å². The van der Waals surface area contributed by atoms with Crippen molar-refractivity contribution in [2.24, 2.45) is 0 Å². The summed E-state index contributed by atoms with van der Waals surface area (Å²) in [7, 11) is 0. The van der Waals surface area contributed by atoms with Crippen molar-refractivity contribution in [2.45, 2.75) is 6.54 Å². The fourth-order valence-corrected chi connectivity index (χ4v) is 1.78. The van der Waals surface area contributed by atoms with Crippen molar-refractivity contribution in [3.63, 3.8) is 0 Å². The van der Waals surface area contributed by atoms with Crippen LogP contribution in [0.15, 0.2) is 42.5 Å². The first kappa shape index (κ1) is 10.5. The molecule has 0 bridgehead atoms. The summed E-state index contributed by atoms with van der Waals surface area (Å²) >= 11 is 5.60. The second kappa shape index (κ2) is 5.15. The monoisotopic (exact) mass is 219 g/mol. The van der Waals surface area contributed by atoms with Gasteiger partial charge in [0.15, 0.2) is 0 Å². The normalized spacial score (nSPS) is 10.7. The van der Waals surface area contributed by atoms with Crippen LogP contribution in [0.4, 0.5) is 0 Å². The molecule has 2 heteroatoms. The lowest BCUT2D eigenvalue weighted by atomic mass is 10.1. The number of fused-ring (bicyclic) bond motifs is 1. The van der Waals surface area contributed by atoms with E-state index in [-0.39, 0.29) is 0 Å². The van der Waals surface area contributed by atoms with Crippen LogP contribution >= 0.6 is 11.6 Å². The molecule has 0 saturated heterocycles. The van der Waals surface area contributed by atoms with Gasteiger partial charge in [-0.3, -0.25) is 0 Å². The van der Waals surface area contributed by atoms with Gasteiger partial charge < -0.3 is 5.32 Å². The van der Waals surface area contributed by atoms with E-state index in [4.69, 9.17) is 11.6 Å². The van der Waals surface area contributed by atoms with Crippen molar-refractivity contribution in [1.82, 2.24) is 5.32 Å². The summed E-state index contributed by atoms with van der Waals surface area (Å²) in [5.74, 6) is 0.660.